The van der Waals surface area contributed by atoms with E-state index in [0.29, 0.717) is 25.7 Å². The first kappa shape index (κ1) is 73.2. The zero-order valence-corrected chi connectivity index (χ0v) is 49.8. The second kappa shape index (κ2) is 54.2. The Morgan fingerprint density at radius 1 is 0.408 bits per heavy atom. The van der Waals surface area contributed by atoms with E-state index in [0.717, 1.165) is 83.5 Å². The van der Waals surface area contributed by atoms with Crippen LogP contribution in [0.25, 0.3) is 0 Å². The first-order valence-corrected chi connectivity index (χ1v) is 32.0. The van der Waals surface area contributed by atoms with Crippen molar-refractivity contribution in [1.29, 1.82) is 0 Å². The molecule has 0 aromatic rings. The number of carboxylic acid groups (broad SMARTS) is 1. The van der Waals surface area contributed by atoms with E-state index in [-0.39, 0.29) is 62.7 Å². The summed E-state index contributed by atoms with van der Waals surface area (Å²) in [5, 5.41) is 36.7. The minimum absolute atomic E-state index is 0.00582. The SMILES string of the molecule is CCCCCCCCCCCCCC(=O)NC(CCC(OC(CO)C(C)O)C(NC(=O)CCCCCCCCCCCCC)OC(=O)CC(CCCCCCCCCCC)OC(=O)CCCCCCCCC)CC(=O)O. The smallest absolute Gasteiger partial charge is 0.311 e. The molecule has 13 heteroatoms. The van der Waals surface area contributed by atoms with Gasteiger partial charge in [0, 0.05) is 25.3 Å². The van der Waals surface area contributed by atoms with Gasteiger partial charge in [-0.05, 0) is 51.9 Å². The molecular formula is C63H120N2O11. The maximum absolute atomic E-state index is 14.1. The molecule has 0 aromatic carbocycles. The number of carbonyl (C=O) groups is 5. The van der Waals surface area contributed by atoms with E-state index in [1.165, 1.54) is 148 Å². The molecule has 448 valence electrons. The summed E-state index contributed by atoms with van der Waals surface area (Å²) in [6, 6.07) is -0.803. The van der Waals surface area contributed by atoms with Crippen LogP contribution >= 0.6 is 0 Å². The second-order valence-corrected chi connectivity index (χ2v) is 22.4. The summed E-state index contributed by atoms with van der Waals surface area (Å²) in [5.41, 5.74) is 0. The minimum Gasteiger partial charge on any atom is -0.481 e. The molecule has 0 aliphatic carbocycles. The fourth-order valence-electron chi connectivity index (χ4n) is 9.99. The van der Waals surface area contributed by atoms with Gasteiger partial charge in [-0.2, -0.15) is 0 Å². The van der Waals surface area contributed by atoms with Crippen LogP contribution in [0, 0.1) is 0 Å². The standard InChI is InChI=1S/C63H120N2O11/c1-6-10-14-18-22-25-27-30-34-37-41-45-58(68)64-54(50-60(70)71)48-49-56(75-57(52-66)53(5)67)63(65-59(69)46-42-38-35-31-28-26-23-19-15-11-7-2)76-62(73)51-55(44-40-36-33-29-24-20-16-12-8-3)74-61(72)47-43-39-32-21-17-13-9-4/h53-57,63,66-67H,6-52H2,1-5H3,(H,64,68)(H,65,69)(H,70,71). The lowest BCUT2D eigenvalue weighted by molar-refractivity contribution is -0.178. The van der Waals surface area contributed by atoms with E-state index >= 15 is 0 Å². The highest BCUT2D eigenvalue weighted by atomic mass is 16.6. The number of carboxylic acids is 1. The number of hydrogen-bond acceptors (Lipinski definition) is 10. The molecule has 2 amide bonds. The van der Waals surface area contributed by atoms with Crippen LogP contribution in [0.4, 0.5) is 0 Å². The number of carbonyl (C=O) groups excluding carboxylic acids is 4. The number of amides is 2. The Morgan fingerprint density at radius 2 is 0.776 bits per heavy atom. The summed E-state index contributed by atoms with van der Waals surface area (Å²) in [7, 11) is 0. The number of aliphatic hydroxyl groups excluding tert-OH is 2. The maximum Gasteiger partial charge on any atom is 0.311 e. The van der Waals surface area contributed by atoms with Crippen molar-refractivity contribution >= 4 is 29.7 Å². The predicted octanol–water partition coefficient (Wildman–Crippen LogP) is 15.6. The molecule has 0 spiro atoms. The molecule has 0 saturated heterocycles. The molecule has 0 bridgehead atoms. The van der Waals surface area contributed by atoms with E-state index in [1.54, 1.807) is 0 Å². The molecule has 0 radical (unpaired) electrons. The van der Waals surface area contributed by atoms with Gasteiger partial charge in [-0.25, -0.2) is 0 Å². The first-order chi connectivity index (χ1) is 36.9. The van der Waals surface area contributed by atoms with Crippen molar-refractivity contribution in [2.45, 2.75) is 367 Å². The molecule has 0 fully saturated rings. The number of hydrogen-bond donors (Lipinski definition) is 5. The zero-order chi connectivity index (χ0) is 56.1. The van der Waals surface area contributed by atoms with E-state index < -0.39 is 55.2 Å². The van der Waals surface area contributed by atoms with Gasteiger partial charge in [-0.1, -0.05) is 246 Å². The van der Waals surface area contributed by atoms with Gasteiger partial charge in [0.05, 0.1) is 25.6 Å². The molecule has 76 heavy (non-hydrogen) atoms. The molecule has 5 N–H and O–H groups in total. The van der Waals surface area contributed by atoms with Gasteiger partial charge in [-0.3, -0.25) is 24.0 Å². The normalized spacial score (nSPS) is 13.9. The molecule has 0 rings (SSSR count). The van der Waals surface area contributed by atoms with E-state index in [1.807, 2.05) is 0 Å². The number of aliphatic carboxylic acids is 1. The molecule has 0 aliphatic heterocycles. The van der Waals surface area contributed by atoms with Crippen LogP contribution < -0.4 is 10.6 Å². The first-order valence-electron chi connectivity index (χ1n) is 32.0. The Labute approximate surface area is 465 Å². The lowest BCUT2D eigenvalue weighted by Gasteiger charge is -2.33. The molecule has 0 aromatic heterocycles. The molecular weight excluding hydrogens is 961 g/mol. The number of ether oxygens (including phenoxy) is 3. The fraction of sp³-hybridized carbons (Fsp3) is 0.921. The summed E-state index contributed by atoms with van der Waals surface area (Å²) >= 11 is 0. The Hall–Kier alpha value is -2.77. The zero-order valence-electron chi connectivity index (χ0n) is 49.8. The minimum atomic E-state index is -1.39. The highest BCUT2D eigenvalue weighted by molar-refractivity contribution is 5.78. The van der Waals surface area contributed by atoms with Gasteiger partial charge in [0.25, 0.3) is 0 Å². The van der Waals surface area contributed by atoms with Gasteiger partial charge >= 0.3 is 17.9 Å². The van der Waals surface area contributed by atoms with Gasteiger partial charge < -0.3 is 40.2 Å². The van der Waals surface area contributed by atoms with Crippen LogP contribution in [0.15, 0.2) is 0 Å². The Balaban J connectivity index is 6.23. The van der Waals surface area contributed by atoms with Gasteiger partial charge in [0.1, 0.15) is 18.3 Å². The van der Waals surface area contributed by atoms with E-state index in [9.17, 15) is 39.3 Å². The van der Waals surface area contributed by atoms with Crippen molar-refractivity contribution in [2.75, 3.05) is 6.61 Å². The van der Waals surface area contributed by atoms with Crippen molar-refractivity contribution in [3.63, 3.8) is 0 Å². The van der Waals surface area contributed by atoms with Crippen LogP contribution in [0.5, 0.6) is 0 Å². The Morgan fingerprint density at radius 3 is 1.16 bits per heavy atom. The average Bonchev–Trinajstić information content (AvgIpc) is 3.38. The van der Waals surface area contributed by atoms with Crippen molar-refractivity contribution < 1.29 is 53.5 Å². The van der Waals surface area contributed by atoms with Crippen molar-refractivity contribution in [1.82, 2.24) is 10.6 Å². The highest BCUT2D eigenvalue weighted by Crippen LogP contribution is 2.22. The van der Waals surface area contributed by atoms with Crippen molar-refractivity contribution in [3.05, 3.63) is 0 Å². The number of aliphatic hydroxyl groups is 2. The Bertz CT molecular complexity index is 1360. The number of nitrogens with one attached hydrogen (secondary N) is 2. The largest absolute Gasteiger partial charge is 0.481 e. The molecule has 13 nitrogen and oxygen atoms in total. The third kappa shape index (κ3) is 47.2. The van der Waals surface area contributed by atoms with E-state index in [4.69, 9.17) is 14.2 Å². The topological polar surface area (TPSA) is 198 Å². The predicted molar refractivity (Wildman–Crippen MR) is 310 cm³/mol. The lowest BCUT2D eigenvalue weighted by atomic mass is 10.0. The summed E-state index contributed by atoms with van der Waals surface area (Å²) < 4.78 is 18.4. The third-order valence-corrected chi connectivity index (χ3v) is 14.9. The number of esters is 2. The van der Waals surface area contributed by atoms with Crippen LogP contribution in [-0.2, 0) is 38.2 Å². The van der Waals surface area contributed by atoms with Gasteiger partial charge in [0.15, 0.2) is 0 Å². The molecule has 0 aliphatic rings. The van der Waals surface area contributed by atoms with E-state index in [2.05, 4.69) is 38.3 Å². The Kier molecular flexibility index (Phi) is 52.2. The maximum atomic E-state index is 14.1. The van der Waals surface area contributed by atoms with Crippen molar-refractivity contribution in [2.24, 2.45) is 0 Å². The quantitative estimate of drug-likeness (QED) is 0.0221. The summed E-state index contributed by atoms with van der Waals surface area (Å²) in [4.78, 5) is 66.6. The van der Waals surface area contributed by atoms with Crippen LogP contribution in [0.3, 0.4) is 0 Å². The van der Waals surface area contributed by atoms with Gasteiger partial charge in [-0.15, -0.1) is 0 Å². The molecule has 0 saturated carbocycles. The van der Waals surface area contributed by atoms with Gasteiger partial charge in [0.2, 0.25) is 18.0 Å². The van der Waals surface area contributed by atoms with Crippen molar-refractivity contribution in [3.8, 4) is 0 Å². The molecule has 6 unspecified atom stereocenters. The number of unbranched alkanes of at least 4 members (excludes halogenated alkanes) is 34. The van der Waals surface area contributed by atoms with Crippen LogP contribution in [-0.4, -0.2) is 88.3 Å². The monoisotopic (exact) mass is 1080 g/mol. The molecule has 6 atom stereocenters. The highest BCUT2D eigenvalue weighted by Gasteiger charge is 2.34. The second-order valence-electron chi connectivity index (χ2n) is 22.4. The number of rotatable bonds is 58. The summed E-state index contributed by atoms with van der Waals surface area (Å²) in [6.07, 6.45) is 37.5. The van der Waals surface area contributed by atoms with Crippen LogP contribution in [0.2, 0.25) is 0 Å². The molecule has 0 heterocycles. The fourth-order valence-corrected chi connectivity index (χ4v) is 9.99. The van der Waals surface area contributed by atoms with Crippen LogP contribution in [0.1, 0.15) is 330 Å². The summed E-state index contributed by atoms with van der Waals surface area (Å²) in [5.74, 6) is -2.77. The summed E-state index contributed by atoms with van der Waals surface area (Å²) in [6.45, 7) is 9.73. The average molecular weight is 1080 g/mol. The third-order valence-electron chi connectivity index (χ3n) is 14.9. The lowest BCUT2D eigenvalue weighted by Crippen LogP contribution is -2.51.